The second kappa shape index (κ2) is 9.52. The molecule has 0 heterocycles. The van der Waals surface area contributed by atoms with Gasteiger partial charge in [0.2, 0.25) is 0 Å². The van der Waals surface area contributed by atoms with Crippen LogP contribution in [0.3, 0.4) is 0 Å². The number of hydrogen-bond acceptors (Lipinski definition) is 2. The first-order valence-corrected chi connectivity index (χ1v) is 9.12. The second-order valence-electron chi connectivity index (χ2n) is 6.44. The molecule has 0 aliphatic heterocycles. The zero-order valence-electron chi connectivity index (χ0n) is 15.2. The maximum atomic E-state index is 10.7. The molecule has 0 bridgehead atoms. The highest BCUT2D eigenvalue weighted by atomic mass is 16.3. The molecule has 1 N–H and O–H groups in total. The molecule has 0 aliphatic carbocycles. The number of aliphatic hydroxyl groups excluding tert-OH is 1. The number of rotatable bonds is 7. The van der Waals surface area contributed by atoms with Gasteiger partial charge in [0.05, 0.1) is 17.9 Å². The van der Waals surface area contributed by atoms with Crippen LogP contribution in [-0.4, -0.2) is 23.0 Å². The standard InChI is InChI=1S/C25H23NO/c1-2-12-24(27)23(19-20-13-6-3-7-14-20)26-25(21-15-8-4-9-16-21)22-17-10-5-11-18-22/h1,3-11,13-18,23-24,27H,12,19H2/t23-,24+/m0/s1. The molecule has 0 amide bonds. The van der Waals surface area contributed by atoms with Crippen LogP contribution in [-0.2, 0) is 6.42 Å². The molecule has 0 aliphatic rings. The molecule has 0 aromatic heterocycles. The maximum absolute atomic E-state index is 10.7. The first-order chi connectivity index (χ1) is 13.3. The summed E-state index contributed by atoms with van der Waals surface area (Å²) in [5.74, 6) is 2.57. The van der Waals surface area contributed by atoms with E-state index in [1.165, 1.54) is 0 Å². The predicted molar refractivity (Wildman–Crippen MR) is 112 cm³/mol. The summed E-state index contributed by atoms with van der Waals surface area (Å²) in [6.07, 6.45) is 5.67. The molecule has 0 unspecified atom stereocenters. The summed E-state index contributed by atoms with van der Waals surface area (Å²) < 4.78 is 0. The Morgan fingerprint density at radius 2 is 1.30 bits per heavy atom. The summed E-state index contributed by atoms with van der Waals surface area (Å²) in [6, 6.07) is 29.9. The molecule has 0 spiro atoms. The minimum absolute atomic E-state index is 0.276. The van der Waals surface area contributed by atoms with E-state index in [0.29, 0.717) is 6.42 Å². The fourth-order valence-corrected chi connectivity index (χ4v) is 3.05. The Balaban J connectivity index is 2.03. The number of aliphatic imine (C=N–C) groups is 1. The molecular formula is C25H23NO. The van der Waals surface area contributed by atoms with Crippen LogP contribution >= 0.6 is 0 Å². The zero-order valence-corrected chi connectivity index (χ0v) is 15.2. The summed E-state index contributed by atoms with van der Waals surface area (Å²) in [6.45, 7) is 0. The van der Waals surface area contributed by atoms with Crippen molar-refractivity contribution < 1.29 is 5.11 Å². The number of nitrogens with zero attached hydrogens (tertiary/aromatic N) is 1. The van der Waals surface area contributed by atoms with Gasteiger partial charge in [-0.15, -0.1) is 12.3 Å². The van der Waals surface area contributed by atoms with E-state index in [1.807, 2.05) is 78.9 Å². The smallest absolute Gasteiger partial charge is 0.0875 e. The van der Waals surface area contributed by atoms with Crippen molar-refractivity contribution in [3.63, 3.8) is 0 Å². The number of aliphatic hydroxyl groups is 1. The third-order valence-electron chi connectivity index (χ3n) is 4.45. The molecule has 0 saturated heterocycles. The highest BCUT2D eigenvalue weighted by molar-refractivity contribution is 6.13. The summed E-state index contributed by atoms with van der Waals surface area (Å²) in [5, 5.41) is 10.7. The largest absolute Gasteiger partial charge is 0.390 e. The molecule has 0 radical (unpaired) electrons. The lowest BCUT2D eigenvalue weighted by molar-refractivity contribution is 0.150. The Kier molecular flexibility index (Phi) is 6.57. The van der Waals surface area contributed by atoms with E-state index in [-0.39, 0.29) is 12.5 Å². The van der Waals surface area contributed by atoms with Gasteiger partial charge in [-0.05, 0) is 12.0 Å². The monoisotopic (exact) mass is 353 g/mol. The summed E-state index contributed by atoms with van der Waals surface area (Å²) in [5.41, 5.74) is 4.04. The fraction of sp³-hybridized carbons (Fsp3) is 0.160. The molecule has 0 fully saturated rings. The summed E-state index contributed by atoms with van der Waals surface area (Å²) >= 11 is 0. The maximum Gasteiger partial charge on any atom is 0.0875 e. The molecule has 3 rings (SSSR count). The van der Waals surface area contributed by atoms with E-state index in [9.17, 15) is 5.11 Å². The Bertz CT molecular complexity index is 854. The van der Waals surface area contributed by atoms with Gasteiger partial charge in [0.15, 0.2) is 0 Å². The topological polar surface area (TPSA) is 32.6 Å². The predicted octanol–water partition coefficient (Wildman–Crippen LogP) is 4.52. The van der Waals surface area contributed by atoms with Crippen LogP contribution in [0, 0.1) is 12.3 Å². The molecular weight excluding hydrogens is 330 g/mol. The Morgan fingerprint density at radius 3 is 1.78 bits per heavy atom. The van der Waals surface area contributed by atoms with Gasteiger partial charge in [0.25, 0.3) is 0 Å². The van der Waals surface area contributed by atoms with Gasteiger partial charge in [-0.25, -0.2) is 0 Å². The van der Waals surface area contributed by atoms with E-state index in [2.05, 4.69) is 18.1 Å². The third-order valence-corrected chi connectivity index (χ3v) is 4.45. The first-order valence-electron chi connectivity index (χ1n) is 9.12. The van der Waals surface area contributed by atoms with Gasteiger partial charge in [-0.3, -0.25) is 4.99 Å². The van der Waals surface area contributed by atoms with Crippen LogP contribution in [0.25, 0.3) is 0 Å². The quantitative estimate of drug-likeness (QED) is 0.492. The SMILES string of the molecule is C#CC[C@@H](O)[C@H](Cc1ccccc1)N=C(c1ccccc1)c1ccccc1. The molecule has 2 nitrogen and oxygen atoms in total. The van der Waals surface area contributed by atoms with Crippen molar-refractivity contribution in [3.05, 3.63) is 108 Å². The van der Waals surface area contributed by atoms with Crippen LogP contribution in [0.5, 0.6) is 0 Å². The number of hydrogen-bond donors (Lipinski definition) is 1. The zero-order chi connectivity index (χ0) is 18.9. The normalized spacial score (nSPS) is 12.6. The number of terminal acetylenes is 1. The van der Waals surface area contributed by atoms with E-state index >= 15 is 0 Å². The van der Waals surface area contributed by atoms with Gasteiger partial charge in [0, 0.05) is 17.5 Å². The van der Waals surface area contributed by atoms with Gasteiger partial charge >= 0.3 is 0 Å². The molecule has 3 aromatic rings. The lowest BCUT2D eigenvalue weighted by Crippen LogP contribution is -2.28. The van der Waals surface area contributed by atoms with E-state index < -0.39 is 6.10 Å². The van der Waals surface area contributed by atoms with Crippen LogP contribution in [0.4, 0.5) is 0 Å². The van der Waals surface area contributed by atoms with E-state index in [4.69, 9.17) is 11.4 Å². The van der Waals surface area contributed by atoms with Crippen LogP contribution in [0.15, 0.2) is 96.0 Å². The van der Waals surface area contributed by atoms with Crippen molar-refractivity contribution in [1.29, 1.82) is 0 Å². The van der Waals surface area contributed by atoms with Crippen LogP contribution < -0.4 is 0 Å². The Labute approximate surface area is 161 Å². The summed E-state index contributed by atoms with van der Waals surface area (Å²) in [4.78, 5) is 5.00. The Morgan fingerprint density at radius 1 is 0.815 bits per heavy atom. The third kappa shape index (κ3) is 5.17. The van der Waals surface area contributed by atoms with Crippen molar-refractivity contribution in [2.75, 3.05) is 0 Å². The van der Waals surface area contributed by atoms with Crippen molar-refractivity contribution in [2.24, 2.45) is 4.99 Å². The summed E-state index contributed by atoms with van der Waals surface area (Å²) in [7, 11) is 0. The highest BCUT2D eigenvalue weighted by Crippen LogP contribution is 2.17. The van der Waals surface area contributed by atoms with Gasteiger partial charge in [-0.2, -0.15) is 0 Å². The Hall–Kier alpha value is -3.15. The molecule has 3 aromatic carbocycles. The lowest BCUT2D eigenvalue weighted by Gasteiger charge is -2.20. The fourth-order valence-electron chi connectivity index (χ4n) is 3.05. The van der Waals surface area contributed by atoms with Gasteiger partial charge in [0.1, 0.15) is 0 Å². The van der Waals surface area contributed by atoms with Gasteiger partial charge < -0.3 is 5.11 Å². The van der Waals surface area contributed by atoms with E-state index in [0.717, 1.165) is 22.4 Å². The average molecular weight is 353 g/mol. The van der Waals surface area contributed by atoms with Crippen molar-refractivity contribution in [2.45, 2.75) is 25.0 Å². The minimum Gasteiger partial charge on any atom is -0.390 e. The first kappa shape index (κ1) is 18.6. The van der Waals surface area contributed by atoms with Crippen molar-refractivity contribution in [3.8, 4) is 12.3 Å². The van der Waals surface area contributed by atoms with Crippen molar-refractivity contribution >= 4 is 5.71 Å². The second-order valence-corrected chi connectivity index (χ2v) is 6.44. The number of benzene rings is 3. The molecule has 27 heavy (non-hydrogen) atoms. The highest BCUT2D eigenvalue weighted by Gasteiger charge is 2.20. The van der Waals surface area contributed by atoms with Gasteiger partial charge in [-0.1, -0.05) is 91.0 Å². The molecule has 134 valence electrons. The lowest BCUT2D eigenvalue weighted by atomic mass is 9.97. The van der Waals surface area contributed by atoms with Crippen molar-refractivity contribution in [1.82, 2.24) is 0 Å². The van der Waals surface area contributed by atoms with Crippen LogP contribution in [0.2, 0.25) is 0 Å². The average Bonchev–Trinajstić information content (AvgIpc) is 2.73. The minimum atomic E-state index is -0.697. The molecule has 2 atom stereocenters. The van der Waals surface area contributed by atoms with E-state index in [1.54, 1.807) is 0 Å². The van der Waals surface area contributed by atoms with Crippen LogP contribution in [0.1, 0.15) is 23.1 Å². The molecule has 2 heteroatoms. The molecule has 0 saturated carbocycles.